The molecule has 31 heavy (non-hydrogen) atoms. The topological polar surface area (TPSA) is 74.0 Å². The fourth-order valence-corrected chi connectivity index (χ4v) is 3.20. The van der Waals surface area contributed by atoms with E-state index in [4.69, 9.17) is 4.74 Å². The van der Waals surface area contributed by atoms with Crippen molar-refractivity contribution < 1.29 is 22.7 Å². The number of anilines is 1. The summed E-state index contributed by atoms with van der Waals surface area (Å²) < 4.78 is 47.3. The van der Waals surface area contributed by atoms with Gasteiger partial charge in [-0.1, -0.05) is 19.1 Å². The molecule has 0 unspecified atom stereocenters. The molecule has 0 atom stereocenters. The summed E-state index contributed by atoms with van der Waals surface area (Å²) in [6.07, 6.45) is 1.05. The van der Waals surface area contributed by atoms with Crippen molar-refractivity contribution in [3.05, 3.63) is 59.7 Å². The molecular weight excluding hydrogens is 411 g/mol. The van der Waals surface area contributed by atoms with Crippen molar-refractivity contribution in [2.45, 2.75) is 51.6 Å². The fraction of sp³-hybridized carbons (Fsp3) is 0.381. The number of hydrogen-bond donors (Lipinski definition) is 1. The van der Waals surface area contributed by atoms with Gasteiger partial charge in [0.2, 0.25) is 5.91 Å². The third-order valence-corrected chi connectivity index (χ3v) is 5.00. The molecule has 3 aromatic rings. The predicted molar refractivity (Wildman–Crippen MR) is 107 cm³/mol. The standard InChI is InChI=1S/C21H22F3N5O2/c1-2-14-3-7-17(8-4-14)31-13-28-11-16(10-25-28)26-20(30)12-29-18(15-5-6-15)9-19(27-29)21(22,23)24/h3-4,7-11,15H,2,5-6,12-13H2,1H3,(H,26,30). The largest absolute Gasteiger partial charge is 0.471 e. The molecule has 1 saturated carbocycles. The van der Waals surface area contributed by atoms with Gasteiger partial charge in [-0.2, -0.15) is 23.4 Å². The van der Waals surface area contributed by atoms with E-state index in [1.54, 1.807) is 6.20 Å². The second-order valence-corrected chi connectivity index (χ2v) is 7.47. The Labute approximate surface area is 176 Å². The first-order valence-electron chi connectivity index (χ1n) is 10.0. The van der Waals surface area contributed by atoms with E-state index in [9.17, 15) is 18.0 Å². The number of aromatic nitrogens is 4. The minimum atomic E-state index is -4.54. The average molecular weight is 433 g/mol. The summed E-state index contributed by atoms with van der Waals surface area (Å²) in [6, 6.07) is 8.76. The maximum absolute atomic E-state index is 13.0. The zero-order chi connectivity index (χ0) is 22.0. The molecule has 1 fully saturated rings. The molecule has 0 spiro atoms. The van der Waals surface area contributed by atoms with Crippen LogP contribution in [-0.2, 0) is 30.7 Å². The number of amides is 1. The Kier molecular flexibility index (Phi) is 5.71. The lowest BCUT2D eigenvalue weighted by Gasteiger charge is -2.07. The maximum Gasteiger partial charge on any atom is 0.435 e. The number of aryl methyl sites for hydroxylation is 1. The zero-order valence-electron chi connectivity index (χ0n) is 16.9. The number of nitrogens with zero attached hydrogens (tertiary/aromatic N) is 4. The van der Waals surface area contributed by atoms with Crippen LogP contribution in [0.25, 0.3) is 0 Å². The predicted octanol–water partition coefficient (Wildman–Crippen LogP) is 4.21. The van der Waals surface area contributed by atoms with Crippen LogP contribution < -0.4 is 10.1 Å². The smallest absolute Gasteiger partial charge is 0.435 e. The number of alkyl halides is 3. The van der Waals surface area contributed by atoms with E-state index in [2.05, 4.69) is 22.4 Å². The van der Waals surface area contributed by atoms with E-state index >= 15 is 0 Å². The minimum Gasteiger partial charge on any atom is -0.471 e. The van der Waals surface area contributed by atoms with Crippen LogP contribution in [0.5, 0.6) is 5.75 Å². The number of benzene rings is 1. The van der Waals surface area contributed by atoms with Gasteiger partial charge in [0.15, 0.2) is 12.4 Å². The van der Waals surface area contributed by atoms with Crippen molar-refractivity contribution in [2.75, 3.05) is 5.32 Å². The number of carbonyl (C=O) groups is 1. The molecule has 7 nitrogen and oxygen atoms in total. The quantitative estimate of drug-likeness (QED) is 0.578. The fourth-order valence-electron chi connectivity index (χ4n) is 3.20. The normalized spacial score (nSPS) is 13.9. The van der Waals surface area contributed by atoms with E-state index in [1.165, 1.54) is 16.4 Å². The summed E-state index contributed by atoms with van der Waals surface area (Å²) in [7, 11) is 0. The minimum absolute atomic E-state index is 0.0303. The van der Waals surface area contributed by atoms with E-state index in [0.29, 0.717) is 17.1 Å². The summed E-state index contributed by atoms with van der Waals surface area (Å²) >= 11 is 0. The molecule has 1 aliphatic carbocycles. The number of carbonyl (C=O) groups excluding carboxylic acids is 1. The molecule has 0 radical (unpaired) electrons. The highest BCUT2D eigenvalue weighted by Crippen LogP contribution is 2.42. The Bertz CT molecular complexity index is 1050. The van der Waals surface area contributed by atoms with E-state index in [-0.39, 0.29) is 19.2 Å². The second kappa shape index (κ2) is 8.44. The second-order valence-electron chi connectivity index (χ2n) is 7.47. The molecule has 1 N–H and O–H groups in total. The molecule has 0 saturated heterocycles. The highest BCUT2D eigenvalue weighted by atomic mass is 19.4. The van der Waals surface area contributed by atoms with Crippen molar-refractivity contribution in [1.82, 2.24) is 19.6 Å². The van der Waals surface area contributed by atoms with Crippen LogP contribution in [0.1, 0.15) is 42.6 Å². The van der Waals surface area contributed by atoms with Crippen LogP contribution in [0, 0.1) is 0 Å². The Morgan fingerprint density at radius 3 is 2.65 bits per heavy atom. The number of nitrogens with one attached hydrogen (secondary N) is 1. The first-order chi connectivity index (χ1) is 14.8. The van der Waals surface area contributed by atoms with Gasteiger partial charge in [-0.05, 0) is 43.0 Å². The van der Waals surface area contributed by atoms with Crippen molar-refractivity contribution >= 4 is 11.6 Å². The Balaban J connectivity index is 1.34. The maximum atomic E-state index is 13.0. The first-order valence-corrected chi connectivity index (χ1v) is 10.0. The lowest BCUT2D eigenvalue weighted by Crippen LogP contribution is -2.21. The van der Waals surface area contributed by atoms with Gasteiger partial charge in [-0.15, -0.1) is 0 Å². The zero-order valence-corrected chi connectivity index (χ0v) is 16.9. The third kappa shape index (κ3) is 5.25. The highest BCUT2D eigenvalue weighted by Gasteiger charge is 2.38. The summed E-state index contributed by atoms with van der Waals surface area (Å²) in [5.41, 5.74) is 1.10. The van der Waals surface area contributed by atoms with Crippen LogP contribution in [0.2, 0.25) is 0 Å². The molecule has 2 heterocycles. The van der Waals surface area contributed by atoms with E-state index in [1.807, 2.05) is 24.3 Å². The monoisotopic (exact) mass is 433 g/mol. The van der Waals surface area contributed by atoms with Crippen molar-refractivity contribution in [3.8, 4) is 5.75 Å². The molecule has 10 heteroatoms. The van der Waals surface area contributed by atoms with Gasteiger partial charge in [-0.3, -0.25) is 9.48 Å². The van der Waals surface area contributed by atoms with Gasteiger partial charge >= 0.3 is 6.18 Å². The number of rotatable bonds is 8. The van der Waals surface area contributed by atoms with Crippen LogP contribution >= 0.6 is 0 Å². The first kappa shape index (κ1) is 21.0. The average Bonchev–Trinajstić information content (AvgIpc) is 3.33. The molecule has 2 aromatic heterocycles. The van der Waals surface area contributed by atoms with Gasteiger partial charge in [0.25, 0.3) is 0 Å². The lowest BCUT2D eigenvalue weighted by atomic mass is 10.2. The Hall–Kier alpha value is -3.30. The summed E-state index contributed by atoms with van der Waals surface area (Å²) in [6.45, 7) is 1.93. The van der Waals surface area contributed by atoms with Crippen molar-refractivity contribution in [2.24, 2.45) is 0 Å². The van der Waals surface area contributed by atoms with Gasteiger partial charge < -0.3 is 10.1 Å². The van der Waals surface area contributed by atoms with Crippen LogP contribution in [0.15, 0.2) is 42.7 Å². The van der Waals surface area contributed by atoms with Crippen LogP contribution in [0.4, 0.5) is 18.9 Å². The Morgan fingerprint density at radius 1 is 1.26 bits per heavy atom. The molecule has 1 aliphatic rings. The van der Waals surface area contributed by atoms with Gasteiger partial charge in [0.1, 0.15) is 12.3 Å². The SMILES string of the molecule is CCc1ccc(OCn2cc(NC(=O)Cn3nc(C(F)(F)F)cc3C3CC3)cn2)cc1. The number of hydrogen-bond acceptors (Lipinski definition) is 4. The summed E-state index contributed by atoms with van der Waals surface area (Å²) in [5.74, 6) is 0.252. The molecular formula is C21H22F3N5O2. The van der Waals surface area contributed by atoms with Crippen LogP contribution in [-0.4, -0.2) is 25.5 Å². The molecule has 4 rings (SSSR count). The Morgan fingerprint density at radius 2 is 2.00 bits per heavy atom. The molecule has 0 aliphatic heterocycles. The lowest BCUT2D eigenvalue weighted by molar-refractivity contribution is -0.141. The summed E-state index contributed by atoms with van der Waals surface area (Å²) in [5, 5.41) is 10.4. The van der Waals surface area contributed by atoms with Gasteiger partial charge in [0.05, 0.1) is 18.1 Å². The number of ether oxygens (including phenoxy) is 1. The highest BCUT2D eigenvalue weighted by molar-refractivity contribution is 5.90. The van der Waals surface area contributed by atoms with Gasteiger partial charge in [-0.25, -0.2) is 4.68 Å². The van der Waals surface area contributed by atoms with E-state index < -0.39 is 17.8 Å². The van der Waals surface area contributed by atoms with E-state index in [0.717, 1.165) is 30.0 Å². The van der Waals surface area contributed by atoms with Crippen molar-refractivity contribution in [1.29, 1.82) is 0 Å². The van der Waals surface area contributed by atoms with Crippen molar-refractivity contribution in [3.63, 3.8) is 0 Å². The number of halogens is 3. The molecule has 0 bridgehead atoms. The van der Waals surface area contributed by atoms with Gasteiger partial charge in [0, 0.05) is 11.6 Å². The molecule has 1 aromatic carbocycles. The summed E-state index contributed by atoms with van der Waals surface area (Å²) in [4.78, 5) is 12.4. The third-order valence-electron chi connectivity index (χ3n) is 5.00. The molecule has 1 amide bonds. The van der Waals surface area contributed by atoms with Crippen LogP contribution in [0.3, 0.4) is 0 Å². The molecule has 164 valence electrons.